The van der Waals surface area contributed by atoms with Gasteiger partial charge in [-0.05, 0) is 18.4 Å². The fourth-order valence-corrected chi connectivity index (χ4v) is 3.21. The van der Waals surface area contributed by atoms with Crippen molar-refractivity contribution in [3.05, 3.63) is 12.1 Å². The third kappa shape index (κ3) is 4.01. The molecule has 6 nitrogen and oxygen atoms in total. The van der Waals surface area contributed by atoms with Gasteiger partial charge in [0, 0.05) is 12.1 Å². The molecule has 3 N–H and O–H groups in total. The monoisotopic (exact) mass is 316 g/mol. The summed E-state index contributed by atoms with van der Waals surface area (Å²) in [6.45, 7) is 7.69. The van der Waals surface area contributed by atoms with Crippen LogP contribution in [0.3, 0.4) is 0 Å². The number of rotatable bonds is 5. The molecule has 0 saturated carbocycles. The first-order valence-corrected chi connectivity index (χ1v) is 8.05. The molecule has 0 bridgehead atoms. The van der Waals surface area contributed by atoms with E-state index in [0.717, 1.165) is 0 Å². The van der Waals surface area contributed by atoms with Crippen LogP contribution in [0.15, 0.2) is 17.0 Å². The van der Waals surface area contributed by atoms with E-state index in [-0.39, 0.29) is 27.8 Å². The maximum absolute atomic E-state index is 12.5. The SMILES string of the molecule is COc1cc(OC)c(S(=O)(=O)NC(C)C(C)(C)C)cc1N. The summed E-state index contributed by atoms with van der Waals surface area (Å²) in [5.74, 6) is 0.560. The van der Waals surface area contributed by atoms with Crippen LogP contribution in [0.5, 0.6) is 11.5 Å². The molecule has 21 heavy (non-hydrogen) atoms. The highest BCUT2D eigenvalue weighted by molar-refractivity contribution is 7.89. The Balaban J connectivity index is 3.28. The molecule has 1 atom stereocenters. The zero-order valence-electron chi connectivity index (χ0n) is 13.4. The van der Waals surface area contributed by atoms with E-state index >= 15 is 0 Å². The lowest BCUT2D eigenvalue weighted by atomic mass is 9.89. The molecule has 0 aliphatic carbocycles. The third-order valence-corrected chi connectivity index (χ3v) is 5.00. The van der Waals surface area contributed by atoms with Crippen molar-refractivity contribution in [2.45, 2.75) is 38.6 Å². The largest absolute Gasteiger partial charge is 0.495 e. The van der Waals surface area contributed by atoms with Gasteiger partial charge in [-0.2, -0.15) is 0 Å². The fraction of sp³-hybridized carbons (Fsp3) is 0.571. The molecule has 0 aliphatic heterocycles. The predicted molar refractivity (Wildman–Crippen MR) is 83.2 cm³/mol. The number of benzene rings is 1. The molecule has 0 heterocycles. The first-order valence-electron chi connectivity index (χ1n) is 6.56. The zero-order chi connectivity index (χ0) is 16.4. The Kier molecular flexibility index (Phi) is 5.11. The Morgan fingerprint density at radius 1 is 1.14 bits per heavy atom. The van der Waals surface area contributed by atoms with Crippen molar-refractivity contribution in [2.75, 3.05) is 20.0 Å². The maximum Gasteiger partial charge on any atom is 0.244 e. The van der Waals surface area contributed by atoms with Crippen LogP contribution >= 0.6 is 0 Å². The number of nitrogens with one attached hydrogen (secondary N) is 1. The summed E-state index contributed by atoms with van der Waals surface area (Å²) in [6.07, 6.45) is 0. The highest BCUT2D eigenvalue weighted by atomic mass is 32.2. The van der Waals surface area contributed by atoms with E-state index in [1.807, 2.05) is 27.7 Å². The van der Waals surface area contributed by atoms with Gasteiger partial charge in [-0.15, -0.1) is 0 Å². The Morgan fingerprint density at radius 2 is 1.67 bits per heavy atom. The van der Waals surface area contributed by atoms with Crippen LogP contribution < -0.4 is 19.9 Å². The second-order valence-electron chi connectivity index (χ2n) is 5.95. The number of sulfonamides is 1. The lowest BCUT2D eigenvalue weighted by Crippen LogP contribution is -2.41. The Labute approximate surface area is 126 Å². The molecule has 0 radical (unpaired) electrons. The van der Waals surface area contributed by atoms with Crippen LogP contribution in [0.2, 0.25) is 0 Å². The fourth-order valence-electron chi connectivity index (χ4n) is 1.58. The van der Waals surface area contributed by atoms with E-state index in [2.05, 4.69) is 4.72 Å². The molecular formula is C14H24N2O4S. The molecule has 1 aromatic rings. The Hall–Kier alpha value is -1.47. The number of anilines is 1. The average Bonchev–Trinajstić information content (AvgIpc) is 2.36. The van der Waals surface area contributed by atoms with Crippen molar-refractivity contribution in [1.29, 1.82) is 0 Å². The molecule has 0 amide bonds. The zero-order valence-corrected chi connectivity index (χ0v) is 14.2. The van der Waals surface area contributed by atoms with Crippen molar-refractivity contribution in [2.24, 2.45) is 5.41 Å². The first kappa shape index (κ1) is 17.6. The predicted octanol–water partition coefficient (Wildman–Crippen LogP) is 2.00. The van der Waals surface area contributed by atoms with E-state index in [9.17, 15) is 8.42 Å². The second kappa shape index (κ2) is 6.11. The topological polar surface area (TPSA) is 90.6 Å². The van der Waals surface area contributed by atoms with Gasteiger partial charge in [0.25, 0.3) is 0 Å². The molecule has 0 spiro atoms. The van der Waals surface area contributed by atoms with Gasteiger partial charge in [-0.25, -0.2) is 13.1 Å². The summed E-state index contributed by atoms with van der Waals surface area (Å²) in [5, 5.41) is 0. The molecule has 1 unspecified atom stereocenters. The average molecular weight is 316 g/mol. The summed E-state index contributed by atoms with van der Waals surface area (Å²) >= 11 is 0. The van der Waals surface area contributed by atoms with Crippen LogP contribution in [-0.2, 0) is 10.0 Å². The lowest BCUT2D eigenvalue weighted by Gasteiger charge is -2.28. The first-order chi connectivity index (χ1) is 9.52. The molecular weight excluding hydrogens is 292 g/mol. The van der Waals surface area contributed by atoms with Gasteiger partial charge >= 0.3 is 0 Å². The molecule has 0 fully saturated rings. The van der Waals surface area contributed by atoms with E-state index in [1.54, 1.807) is 0 Å². The van der Waals surface area contributed by atoms with Gasteiger partial charge in [-0.1, -0.05) is 20.8 Å². The van der Waals surface area contributed by atoms with Crippen LogP contribution in [0.4, 0.5) is 5.69 Å². The number of hydrogen-bond acceptors (Lipinski definition) is 5. The minimum Gasteiger partial charge on any atom is -0.495 e. The Bertz CT molecular complexity index is 606. The smallest absolute Gasteiger partial charge is 0.244 e. The van der Waals surface area contributed by atoms with Crippen LogP contribution in [0.1, 0.15) is 27.7 Å². The van der Waals surface area contributed by atoms with E-state index in [4.69, 9.17) is 15.2 Å². The number of nitrogens with two attached hydrogens (primary N) is 1. The highest BCUT2D eigenvalue weighted by Crippen LogP contribution is 2.34. The molecule has 0 saturated heterocycles. The van der Waals surface area contributed by atoms with Crippen molar-refractivity contribution < 1.29 is 17.9 Å². The van der Waals surface area contributed by atoms with E-state index < -0.39 is 10.0 Å². The molecule has 0 aromatic heterocycles. The van der Waals surface area contributed by atoms with E-state index in [1.165, 1.54) is 26.4 Å². The van der Waals surface area contributed by atoms with Gasteiger partial charge in [-0.3, -0.25) is 0 Å². The van der Waals surface area contributed by atoms with Gasteiger partial charge in [0.05, 0.1) is 19.9 Å². The van der Waals surface area contributed by atoms with Crippen molar-refractivity contribution >= 4 is 15.7 Å². The molecule has 7 heteroatoms. The quantitative estimate of drug-likeness (QED) is 0.811. The van der Waals surface area contributed by atoms with Crippen LogP contribution in [0.25, 0.3) is 0 Å². The Morgan fingerprint density at radius 3 is 2.10 bits per heavy atom. The summed E-state index contributed by atoms with van der Waals surface area (Å²) < 4.78 is 37.9. The summed E-state index contributed by atoms with van der Waals surface area (Å²) in [6, 6.07) is 2.55. The maximum atomic E-state index is 12.5. The van der Waals surface area contributed by atoms with Crippen LogP contribution in [-0.4, -0.2) is 28.7 Å². The van der Waals surface area contributed by atoms with Crippen LogP contribution in [0, 0.1) is 5.41 Å². The molecule has 0 aliphatic rings. The number of methoxy groups -OCH3 is 2. The lowest BCUT2D eigenvalue weighted by molar-refractivity contribution is 0.317. The third-order valence-electron chi connectivity index (χ3n) is 3.44. The van der Waals surface area contributed by atoms with Crippen molar-refractivity contribution in [3.63, 3.8) is 0 Å². The van der Waals surface area contributed by atoms with Crippen molar-refractivity contribution in [1.82, 2.24) is 4.72 Å². The number of ether oxygens (including phenoxy) is 2. The van der Waals surface area contributed by atoms with Gasteiger partial charge < -0.3 is 15.2 Å². The molecule has 1 rings (SSSR count). The normalized spacial score (nSPS) is 13.8. The highest BCUT2D eigenvalue weighted by Gasteiger charge is 2.28. The minimum absolute atomic E-state index is 0.000556. The number of hydrogen-bond donors (Lipinski definition) is 2. The van der Waals surface area contributed by atoms with Gasteiger partial charge in [0.15, 0.2) is 0 Å². The summed E-state index contributed by atoms with van der Waals surface area (Å²) in [4.78, 5) is -0.000556. The van der Waals surface area contributed by atoms with Gasteiger partial charge in [0.1, 0.15) is 16.4 Å². The molecule has 120 valence electrons. The molecule has 1 aromatic carbocycles. The van der Waals surface area contributed by atoms with Gasteiger partial charge in [0.2, 0.25) is 10.0 Å². The number of nitrogen functional groups attached to an aromatic ring is 1. The second-order valence-corrected chi connectivity index (χ2v) is 7.64. The standard InChI is InChI=1S/C14H24N2O4S/c1-9(14(2,3)4)16-21(17,18)13-7-10(15)11(19-5)8-12(13)20-6/h7-9,16H,15H2,1-6H3. The summed E-state index contributed by atoms with van der Waals surface area (Å²) in [7, 11) is -0.886. The summed E-state index contributed by atoms with van der Waals surface area (Å²) in [5.41, 5.74) is 5.82. The van der Waals surface area contributed by atoms with Crippen molar-refractivity contribution in [3.8, 4) is 11.5 Å². The van der Waals surface area contributed by atoms with E-state index in [0.29, 0.717) is 5.75 Å². The minimum atomic E-state index is -3.74.